The van der Waals surface area contributed by atoms with Gasteiger partial charge in [0.2, 0.25) is 0 Å². The molecule has 3 rings (SSSR count). The zero-order valence-electron chi connectivity index (χ0n) is 12.0. The maximum atomic E-state index is 12.6. The number of anilines is 1. The number of aryl methyl sites for hydroxylation is 1. The summed E-state index contributed by atoms with van der Waals surface area (Å²) in [5.41, 5.74) is 1.50. The van der Waals surface area contributed by atoms with Crippen molar-refractivity contribution in [3.05, 3.63) is 69.4 Å². The Morgan fingerprint density at radius 2 is 1.61 bits per heavy atom. The molecule has 4 nitrogen and oxygen atoms in total. The lowest BCUT2D eigenvalue weighted by atomic mass is 10.1. The minimum absolute atomic E-state index is 0.0524. The van der Waals surface area contributed by atoms with Crippen molar-refractivity contribution in [1.29, 1.82) is 0 Å². The first-order chi connectivity index (χ1) is 10.9. The molecule has 0 saturated carbocycles. The Balaban J connectivity index is 2.05. The van der Waals surface area contributed by atoms with Crippen molar-refractivity contribution < 1.29 is 14.7 Å². The minimum atomic E-state index is -0.778. The molecule has 0 fully saturated rings. The number of imide groups is 1. The number of nitrogens with zero attached hydrogens (tertiary/aromatic N) is 1. The molecule has 6 heteroatoms. The number of amides is 2. The van der Waals surface area contributed by atoms with Crippen LogP contribution in [0.15, 0.2) is 48.2 Å². The van der Waals surface area contributed by atoms with E-state index in [2.05, 4.69) is 0 Å². The van der Waals surface area contributed by atoms with Gasteiger partial charge in [-0.3, -0.25) is 9.59 Å². The summed E-state index contributed by atoms with van der Waals surface area (Å²) in [6.45, 7) is 1.81. The largest absolute Gasteiger partial charge is 0.502 e. The van der Waals surface area contributed by atoms with Gasteiger partial charge in [0.05, 0.1) is 11.3 Å². The first kappa shape index (κ1) is 15.6. The van der Waals surface area contributed by atoms with E-state index in [4.69, 9.17) is 23.2 Å². The molecule has 0 aromatic heterocycles. The van der Waals surface area contributed by atoms with Crippen molar-refractivity contribution in [2.75, 3.05) is 4.90 Å². The average molecular weight is 348 g/mol. The molecule has 116 valence electrons. The Kier molecular flexibility index (Phi) is 3.88. The highest BCUT2D eigenvalue weighted by atomic mass is 35.5. The normalized spacial score (nSPS) is 14.8. The van der Waals surface area contributed by atoms with Crippen LogP contribution in [0.1, 0.15) is 11.1 Å². The lowest BCUT2D eigenvalue weighted by Crippen LogP contribution is -2.31. The van der Waals surface area contributed by atoms with E-state index in [0.717, 1.165) is 10.5 Å². The number of benzene rings is 2. The van der Waals surface area contributed by atoms with Gasteiger partial charge in [-0.2, -0.15) is 0 Å². The van der Waals surface area contributed by atoms with E-state index in [9.17, 15) is 14.7 Å². The summed E-state index contributed by atoms with van der Waals surface area (Å²) in [7, 11) is 0. The number of hydrogen-bond donors (Lipinski definition) is 1. The molecular formula is C17H11Cl2NO3. The summed E-state index contributed by atoms with van der Waals surface area (Å²) in [6, 6.07) is 11.1. The fraction of sp³-hybridized carbons (Fsp3) is 0.0588. The highest BCUT2D eigenvalue weighted by molar-refractivity contribution is 6.45. The molecule has 1 heterocycles. The summed E-state index contributed by atoms with van der Waals surface area (Å²) >= 11 is 11.9. The van der Waals surface area contributed by atoms with Crippen LogP contribution in [0, 0.1) is 6.92 Å². The number of rotatable bonds is 2. The van der Waals surface area contributed by atoms with E-state index in [1.807, 2.05) is 6.92 Å². The number of halogens is 2. The highest BCUT2D eigenvalue weighted by Crippen LogP contribution is 2.33. The molecule has 23 heavy (non-hydrogen) atoms. The summed E-state index contributed by atoms with van der Waals surface area (Å²) in [5, 5.41) is 11.0. The van der Waals surface area contributed by atoms with E-state index in [-0.39, 0.29) is 5.57 Å². The van der Waals surface area contributed by atoms with Crippen LogP contribution in [0.5, 0.6) is 0 Å². The Bertz CT molecular complexity index is 857. The fourth-order valence-electron chi connectivity index (χ4n) is 2.35. The molecule has 2 amide bonds. The van der Waals surface area contributed by atoms with Gasteiger partial charge in [0.1, 0.15) is 0 Å². The Morgan fingerprint density at radius 3 is 2.22 bits per heavy atom. The monoisotopic (exact) mass is 347 g/mol. The average Bonchev–Trinajstić information content (AvgIpc) is 2.74. The summed E-state index contributed by atoms with van der Waals surface area (Å²) < 4.78 is 0. The molecule has 0 spiro atoms. The minimum Gasteiger partial charge on any atom is -0.502 e. The molecule has 0 atom stereocenters. The maximum absolute atomic E-state index is 12.6. The van der Waals surface area contributed by atoms with Gasteiger partial charge in [0.15, 0.2) is 5.76 Å². The number of carbonyl (C=O) groups is 2. The number of aliphatic hydroxyl groups is 1. The smallest absolute Gasteiger partial charge is 0.301 e. The number of aliphatic hydroxyl groups excluding tert-OH is 1. The van der Waals surface area contributed by atoms with Crippen LogP contribution in [-0.2, 0) is 9.59 Å². The molecule has 1 N–H and O–H groups in total. The fourth-order valence-corrected chi connectivity index (χ4v) is 2.65. The lowest BCUT2D eigenvalue weighted by molar-refractivity contribution is -0.121. The summed E-state index contributed by atoms with van der Waals surface area (Å²) in [4.78, 5) is 25.8. The molecule has 1 aliphatic rings. The predicted molar refractivity (Wildman–Crippen MR) is 89.7 cm³/mol. The predicted octanol–water partition coefficient (Wildman–Crippen LogP) is 4.14. The van der Waals surface area contributed by atoms with E-state index in [1.54, 1.807) is 36.4 Å². The maximum Gasteiger partial charge on any atom is 0.301 e. The summed E-state index contributed by atoms with van der Waals surface area (Å²) in [5.74, 6) is -1.97. The number of carbonyl (C=O) groups excluding carboxylic acids is 2. The van der Waals surface area contributed by atoms with Gasteiger partial charge in [-0.25, -0.2) is 4.90 Å². The van der Waals surface area contributed by atoms with Gasteiger partial charge >= 0.3 is 5.91 Å². The molecule has 0 aliphatic carbocycles. The molecule has 0 radical (unpaired) electrons. The van der Waals surface area contributed by atoms with Gasteiger partial charge in [-0.1, -0.05) is 41.4 Å². The molecule has 2 aromatic rings. The van der Waals surface area contributed by atoms with Gasteiger partial charge in [-0.05, 0) is 42.3 Å². The second-order valence-electron chi connectivity index (χ2n) is 5.11. The summed E-state index contributed by atoms with van der Waals surface area (Å²) in [6.07, 6.45) is 0. The van der Waals surface area contributed by atoms with Crippen LogP contribution in [0.3, 0.4) is 0 Å². The Labute approximate surface area is 142 Å². The van der Waals surface area contributed by atoms with E-state index >= 15 is 0 Å². The quantitative estimate of drug-likeness (QED) is 0.830. The molecule has 0 unspecified atom stereocenters. The van der Waals surface area contributed by atoms with Crippen LogP contribution in [0.4, 0.5) is 5.69 Å². The van der Waals surface area contributed by atoms with Gasteiger partial charge in [0.25, 0.3) is 5.91 Å². The second kappa shape index (κ2) is 5.72. The molecule has 0 bridgehead atoms. The third-order valence-electron chi connectivity index (χ3n) is 3.61. The van der Waals surface area contributed by atoms with Crippen LogP contribution in [-0.4, -0.2) is 16.9 Å². The Morgan fingerprint density at radius 1 is 0.957 bits per heavy atom. The van der Waals surface area contributed by atoms with Crippen LogP contribution in [0.25, 0.3) is 5.57 Å². The first-order valence-corrected chi connectivity index (χ1v) is 7.50. The standard InChI is InChI=1S/C17H11Cl2NO3/c1-9-2-7-12(8-13(9)19)20-16(22)14(15(21)17(20)23)10-3-5-11(18)6-4-10/h2-8,21H,1H3. The van der Waals surface area contributed by atoms with Gasteiger partial charge in [0, 0.05) is 10.0 Å². The topological polar surface area (TPSA) is 57.6 Å². The zero-order valence-corrected chi connectivity index (χ0v) is 13.5. The molecular weight excluding hydrogens is 337 g/mol. The zero-order chi connectivity index (χ0) is 16.7. The molecule has 1 aliphatic heterocycles. The van der Waals surface area contributed by atoms with Crippen molar-refractivity contribution in [3.8, 4) is 0 Å². The molecule has 0 saturated heterocycles. The SMILES string of the molecule is Cc1ccc(N2C(=O)C(O)=C(c3ccc(Cl)cc3)C2=O)cc1Cl. The van der Waals surface area contributed by atoms with Crippen LogP contribution < -0.4 is 4.90 Å². The Hall–Kier alpha value is -2.30. The van der Waals surface area contributed by atoms with Crippen LogP contribution >= 0.6 is 23.2 Å². The van der Waals surface area contributed by atoms with Gasteiger partial charge in [-0.15, -0.1) is 0 Å². The lowest BCUT2D eigenvalue weighted by Gasteiger charge is -2.15. The highest BCUT2D eigenvalue weighted by Gasteiger charge is 2.40. The van der Waals surface area contributed by atoms with E-state index in [0.29, 0.717) is 21.3 Å². The van der Waals surface area contributed by atoms with E-state index < -0.39 is 17.6 Å². The van der Waals surface area contributed by atoms with Crippen molar-refractivity contribution >= 4 is 46.3 Å². The third-order valence-corrected chi connectivity index (χ3v) is 4.27. The van der Waals surface area contributed by atoms with Gasteiger partial charge < -0.3 is 5.11 Å². The van der Waals surface area contributed by atoms with Crippen LogP contribution in [0.2, 0.25) is 10.0 Å². The van der Waals surface area contributed by atoms with Crippen molar-refractivity contribution in [1.82, 2.24) is 0 Å². The van der Waals surface area contributed by atoms with E-state index in [1.165, 1.54) is 6.07 Å². The van der Waals surface area contributed by atoms with Crippen molar-refractivity contribution in [3.63, 3.8) is 0 Å². The molecule has 2 aromatic carbocycles. The third kappa shape index (κ3) is 2.60. The second-order valence-corrected chi connectivity index (χ2v) is 5.95. The van der Waals surface area contributed by atoms with Crippen molar-refractivity contribution in [2.45, 2.75) is 6.92 Å². The van der Waals surface area contributed by atoms with Crippen molar-refractivity contribution in [2.24, 2.45) is 0 Å². The number of hydrogen-bond acceptors (Lipinski definition) is 3. The first-order valence-electron chi connectivity index (χ1n) is 6.74.